The monoisotopic (exact) mass is 347 g/mol. The van der Waals surface area contributed by atoms with Gasteiger partial charge in [0.25, 0.3) is 5.91 Å². The number of benzene rings is 1. The second-order valence-corrected chi connectivity index (χ2v) is 5.45. The Hall–Kier alpha value is -3.10. The fourth-order valence-corrected chi connectivity index (χ4v) is 2.43. The van der Waals surface area contributed by atoms with Crippen LogP contribution in [0.4, 0.5) is 20.4 Å². The molecule has 0 bridgehead atoms. The zero-order valence-corrected chi connectivity index (χ0v) is 13.2. The molecule has 7 nitrogen and oxygen atoms in total. The van der Waals surface area contributed by atoms with E-state index in [1.165, 1.54) is 18.3 Å². The molecule has 25 heavy (non-hydrogen) atoms. The van der Waals surface area contributed by atoms with Gasteiger partial charge in [0.2, 0.25) is 12.4 Å². The molecular weight excluding hydrogens is 332 g/mol. The fraction of sp³-hybridized carbons (Fsp3) is 0.250. The third-order valence-corrected chi connectivity index (χ3v) is 3.80. The van der Waals surface area contributed by atoms with Gasteiger partial charge in [-0.3, -0.25) is 9.59 Å². The van der Waals surface area contributed by atoms with Crippen LogP contribution < -0.4 is 5.32 Å². The van der Waals surface area contributed by atoms with E-state index >= 15 is 0 Å². The summed E-state index contributed by atoms with van der Waals surface area (Å²) in [4.78, 5) is 34.5. The van der Waals surface area contributed by atoms with Gasteiger partial charge >= 0.3 is 0 Å². The maximum atomic E-state index is 13.2. The number of nitrogens with one attached hydrogen (secondary N) is 1. The SMILES string of the molecule is O=CN1CCN(C(=O)c2ccnc(Nc3ccc(F)c(F)c3)n2)CC1. The van der Waals surface area contributed by atoms with Gasteiger partial charge in [-0.2, -0.15) is 0 Å². The van der Waals surface area contributed by atoms with Crippen molar-refractivity contribution < 1.29 is 18.4 Å². The van der Waals surface area contributed by atoms with Crippen LogP contribution in [0.2, 0.25) is 0 Å². The summed E-state index contributed by atoms with van der Waals surface area (Å²) in [5.74, 6) is -2.13. The highest BCUT2D eigenvalue weighted by atomic mass is 19.2. The van der Waals surface area contributed by atoms with Gasteiger partial charge in [0, 0.05) is 44.1 Å². The Kier molecular flexibility index (Phi) is 4.82. The van der Waals surface area contributed by atoms with E-state index in [1.54, 1.807) is 9.80 Å². The minimum Gasteiger partial charge on any atom is -0.342 e. The lowest BCUT2D eigenvalue weighted by Crippen LogP contribution is -2.48. The highest BCUT2D eigenvalue weighted by molar-refractivity contribution is 5.92. The van der Waals surface area contributed by atoms with Crippen LogP contribution in [0.3, 0.4) is 0 Å². The van der Waals surface area contributed by atoms with Crippen molar-refractivity contribution in [1.29, 1.82) is 0 Å². The Balaban J connectivity index is 1.71. The molecule has 0 spiro atoms. The number of aromatic nitrogens is 2. The smallest absolute Gasteiger partial charge is 0.272 e. The van der Waals surface area contributed by atoms with E-state index in [0.717, 1.165) is 18.5 Å². The molecule has 1 N–H and O–H groups in total. The largest absolute Gasteiger partial charge is 0.342 e. The molecule has 0 saturated carbocycles. The summed E-state index contributed by atoms with van der Waals surface area (Å²) in [7, 11) is 0. The van der Waals surface area contributed by atoms with E-state index in [9.17, 15) is 18.4 Å². The molecule has 9 heteroatoms. The van der Waals surface area contributed by atoms with E-state index < -0.39 is 11.6 Å². The van der Waals surface area contributed by atoms with Gasteiger partial charge in [0.15, 0.2) is 11.6 Å². The molecular formula is C16H15F2N5O2. The normalized spacial score (nSPS) is 14.3. The molecule has 1 aromatic heterocycles. The van der Waals surface area contributed by atoms with Crippen molar-refractivity contribution in [2.24, 2.45) is 0 Å². The molecule has 0 aliphatic carbocycles. The number of piperazine rings is 1. The number of rotatable bonds is 4. The first-order valence-corrected chi connectivity index (χ1v) is 7.60. The van der Waals surface area contributed by atoms with Gasteiger partial charge in [0.1, 0.15) is 5.69 Å². The van der Waals surface area contributed by atoms with Crippen molar-refractivity contribution in [3.8, 4) is 0 Å². The molecule has 1 aliphatic heterocycles. The first-order chi connectivity index (χ1) is 12.1. The first-order valence-electron chi connectivity index (χ1n) is 7.60. The van der Waals surface area contributed by atoms with Crippen molar-refractivity contribution in [1.82, 2.24) is 19.8 Å². The third-order valence-electron chi connectivity index (χ3n) is 3.80. The molecule has 3 rings (SSSR count). The van der Waals surface area contributed by atoms with E-state index in [2.05, 4.69) is 15.3 Å². The molecule has 2 heterocycles. The van der Waals surface area contributed by atoms with Crippen molar-refractivity contribution in [3.63, 3.8) is 0 Å². The summed E-state index contributed by atoms with van der Waals surface area (Å²) in [6.45, 7) is 1.79. The Morgan fingerprint density at radius 1 is 1.12 bits per heavy atom. The Morgan fingerprint density at radius 2 is 1.88 bits per heavy atom. The molecule has 130 valence electrons. The zero-order valence-electron chi connectivity index (χ0n) is 13.2. The minimum absolute atomic E-state index is 0.100. The summed E-state index contributed by atoms with van der Waals surface area (Å²) in [6, 6.07) is 4.78. The highest BCUT2D eigenvalue weighted by Crippen LogP contribution is 2.17. The molecule has 0 atom stereocenters. The van der Waals surface area contributed by atoms with E-state index in [-0.39, 0.29) is 23.2 Å². The number of halogens is 2. The van der Waals surface area contributed by atoms with Gasteiger partial charge in [-0.05, 0) is 18.2 Å². The number of carbonyl (C=O) groups is 2. The van der Waals surface area contributed by atoms with Gasteiger partial charge in [-0.25, -0.2) is 18.7 Å². The number of hydrogen-bond donors (Lipinski definition) is 1. The van der Waals surface area contributed by atoms with Crippen LogP contribution in [0, 0.1) is 11.6 Å². The molecule has 2 amide bonds. The van der Waals surface area contributed by atoms with Gasteiger partial charge < -0.3 is 15.1 Å². The average molecular weight is 347 g/mol. The van der Waals surface area contributed by atoms with Crippen LogP contribution >= 0.6 is 0 Å². The van der Waals surface area contributed by atoms with Crippen LogP contribution in [0.5, 0.6) is 0 Å². The van der Waals surface area contributed by atoms with Crippen molar-refractivity contribution in [2.75, 3.05) is 31.5 Å². The van der Waals surface area contributed by atoms with Crippen LogP contribution in [0.15, 0.2) is 30.5 Å². The predicted octanol–water partition coefficient (Wildman–Crippen LogP) is 1.41. The molecule has 1 saturated heterocycles. The maximum absolute atomic E-state index is 13.2. The highest BCUT2D eigenvalue weighted by Gasteiger charge is 2.22. The average Bonchev–Trinajstić information content (AvgIpc) is 2.64. The number of amides is 2. The molecule has 1 aliphatic rings. The number of nitrogens with zero attached hydrogens (tertiary/aromatic N) is 4. The zero-order chi connectivity index (χ0) is 17.8. The van der Waals surface area contributed by atoms with E-state index in [0.29, 0.717) is 26.2 Å². The van der Waals surface area contributed by atoms with Gasteiger partial charge in [-0.15, -0.1) is 0 Å². The lowest BCUT2D eigenvalue weighted by molar-refractivity contribution is -0.119. The van der Waals surface area contributed by atoms with Gasteiger partial charge in [0.05, 0.1) is 0 Å². The Morgan fingerprint density at radius 3 is 2.56 bits per heavy atom. The standard InChI is InChI=1S/C16H15F2N5O2/c17-12-2-1-11(9-13(12)18)20-16-19-4-3-14(21-16)15(25)23-7-5-22(10-24)6-8-23/h1-4,9-10H,5-8H2,(H,19,20,21). The maximum Gasteiger partial charge on any atom is 0.272 e. The topological polar surface area (TPSA) is 78.4 Å². The fourth-order valence-electron chi connectivity index (χ4n) is 2.43. The summed E-state index contributed by atoms with van der Waals surface area (Å²) in [6.07, 6.45) is 2.17. The lowest BCUT2D eigenvalue weighted by atomic mass is 10.3. The summed E-state index contributed by atoms with van der Waals surface area (Å²) in [5.41, 5.74) is 0.447. The van der Waals surface area contributed by atoms with E-state index in [1.807, 2.05) is 0 Å². The quantitative estimate of drug-likeness (QED) is 0.846. The Bertz CT molecular complexity index is 794. The summed E-state index contributed by atoms with van der Waals surface area (Å²) >= 11 is 0. The Labute approximate surface area is 142 Å². The van der Waals surface area contributed by atoms with E-state index in [4.69, 9.17) is 0 Å². The molecule has 1 aromatic carbocycles. The first kappa shape index (κ1) is 16.7. The third kappa shape index (κ3) is 3.87. The van der Waals surface area contributed by atoms with Crippen LogP contribution in [-0.2, 0) is 4.79 Å². The van der Waals surface area contributed by atoms with Crippen LogP contribution in [-0.4, -0.2) is 58.3 Å². The minimum atomic E-state index is -0.995. The number of anilines is 2. The molecule has 0 radical (unpaired) electrons. The van der Waals surface area contributed by atoms with Crippen molar-refractivity contribution >= 4 is 24.0 Å². The number of hydrogen-bond acceptors (Lipinski definition) is 5. The lowest BCUT2D eigenvalue weighted by Gasteiger charge is -2.32. The second-order valence-electron chi connectivity index (χ2n) is 5.45. The predicted molar refractivity (Wildman–Crippen MR) is 85.2 cm³/mol. The summed E-state index contributed by atoms with van der Waals surface area (Å²) < 4.78 is 26.2. The van der Waals surface area contributed by atoms with Crippen molar-refractivity contribution in [3.05, 3.63) is 47.8 Å². The molecule has 1 fully saturated rings. The second kappa shape index (κ2) is 7.20. The molecule has 2 aromatic rings. The van der Waals surface area contributed by atoms with Crippen molar-refractivity contribution in [2.45, 2.75) is 0 Å². The van der Waals surface area contributed by atoms with Gasteiger partial charge in [-0.1, -0.05) is 0 Å². The number of carbonyl (C=O) groups excluding carboxylic acids is 2. The molecule has 0 unspecified atom stereocenters. The summed E-state index contributed by atoms with van der Waals surface area (Å²) in [5, 5.41) is 2.73. The van der Waals surface area contributed by atoms with Crippen LogP contribution in [0.25, 0.3) is 0 Å². The van der Waals surface area contributed by atoms with Crippen LogP contribution in [0.1, 0.15) is 10.5 Å².